The van der Waals surface area contributed by atoms with Crippen molar-refractivity contribution in [1.29, 1.82) is 0 Å². The van der Waals surface area contributed by atoms with E-state index in [0.29, 0.717) is 6.41 Å². The van der Waals surface area contributed by atoms with Crippen LogP contribution in [0, 0.1) is 0 Å². The first-order valence-electron chi connectivity index (χ1n) is 3.53. The lowest BCUT2D eigenvalue weighted by molar-refractivity contribution is -0.108. The molecule has 0 spiro atoms. The lowest BCUT2D eigenvalue weighted by Crippen LogP contribution is -2.10. The van der Waals surface area contributed by atoms with E-state index >= 15 is 0 Å². The molecule has 66 valence electrons. The molecule has 0 saturated heterocycles. The first-order chi connectivity index (χ1) is 5.79. The number of nitrogens with one attached hydrogen (secondary N) is 1. The van der Waals surface area contributed by atoms with Crippen molar-refractivity contribution in [3.63, 3.8) is 0 Å². The molecule has 0 unspecified atom stereocenters. The van der Waals surface area contributed by atoms with Crippen LogP contribution in [0.25, 0.3) is 0 Å². The van der Waals surface area contributed by atoms with Gasteiger partial charge in [-0.1, -0.05) is 18.7 Å². The van der Waals surface area contributed by atoms with E-state index in [1.165, 1.54) is 0 Å². The summed E-state index contributed by atoms with van der Waals surface area (Å²) in [5.74, 6) is 0. The maximum absolute atomic E-state index is 10.2. The van der Waals surface area contributed by atoms with Crippen LogP contribution in [0.3, 0.4) is 0 Å². The maximum atomic E-state index is 10.2. The Morgan fingerprint density at radius 2 is 2.25 bits per heavy atom. The van der Waals surface area contributed by atoms with Crippen molar-refractivity contribution in [2.45, 2.75) is 6.92 Å². The highest BCUT2D eigenvalue weighted by Gasteiger charge is 1.99. The number of carbonyl (C=O) groups excluding carboxylic acids is 1. The standard InChI is InChI=1S/C9H13NOS/c1-4-6-8(10-7-11)9(5-2)12-3/h4-7H,1H2,2-3H3,(H,10,11)/b8-6+,9-5+. The van der Waals surface area contributed by atoms with Gasteiger partial charge in [0.2, 0.25) is 6.41 Å². The van der Waals surface area contributed by atoms with E-state index in [1.54, 1.807) is 23.9 Å². The number of allylic oxidation sites excluding steroid dienone is 3. The van der Waals surface area contributed by atoms with Crippen molar-refractivity contribution < 1.29 is 4.79 Å². The highest BCUT2D eigenvalue weighted by molar-refractivity contribution is 8.02. The molecule has 0 heterocycles. The van der Waals surface area contributed by atoms with E-state index < -0.39 is 0 Å². The molecule has 2 nitrogen and oxygen atoms in total. The van der Waals surface area contributed by atoms with E-state index in [0.717, 1.165) is 10.6 Å². The number of rotatable bonds is 5. The van der Waals surface area contributed by atoms with Gasteiger partial charge in [0.1, 0.15) is 0 Å². The molecule has 0 aromatic carbocycles. The monoisotopic (exact) mass is 183 g/mol. The molecule has 1 amide bonds. The second-order valence-corrected chi connectivity index (χ2v) is 2.78. The van der Waals surface area contributed by atoms with Gasteiger partial charge in [0.05, 0.1) is 5.70 Å². The van der Waals surface area contributed by atoms with Gasteiger partial charge in [-0.05, 0) is 19.3 Å². The zero-order chi connectivity index (χ0) is 9.40. The summed E-state index contributed by atoms with van der Waals surface area (Å²) in [5, 5.41) is 2.61. The van der Waals surface area contributed by atoms with Gasteiger partial charge in [-0.15, -0.1) is 11.8 Å². The van der Waals surface area contributed by atoms with Crippen LogP contribution < -0.4 is 5.32 Å². The summed E-state index contributed by atoms with van der Waals surface area (Å²) in [4.78, 5) is 11.2. The molecule has 0 aliphatic heterocycles. The molecule has 0 radical (unpaired) electrons. The number of amides is 1. The molecule has 0 fully saturated rings. The van der Waals surface area contributed by atoms with Gasteiger partial charge in [-0.25, -0.2) is 0 Å². The molecule has 0 saturated carbocycles. The second kappa shape index (κ2) is 6.73. The van der Waals surface area contributed by atoms with E-state index in [-0.39, 0.29) is 0 Å². The Hall–Kier alpha value is -0.960. The van der Waals surface area contributed by atoms with Crippen molar-refractivity contribution in [1.82, 2.24) is 5.32 Å². The summed E-state index contributed by atoms with van der Waals surface area (Å²) in [5.41, 5.74) is 0.787. The minimum atomic E-state index is 0.662. The summed E-state index contributed by atoms with van der Waals surface area (Å²) in [6.07, 6.45) is 7.97. The maximum Gasteiger partial charge on any atom is 0.211 e. The topological polar surface area (TPSA) is 29.1 Å². The Morgan fingerprint density at radius 1 is 1.58 bits per heavy atom. The van der Waals surface area contributed by atoms with E-state index in [4.69, 9.17) is 0 Å². The van der Waals surface area contributed by atoms with Crippen LogP contribution in [0.15, 0.2) is 35.4 Å². The van der Waals surface area contributed by atoms with Crippen LogP contribution in [0.1, 0.15) is 6.92 Å². The lowest BCUT2D eigenvalue weighted by atomic mass is 10.3. The predicted molar refractivity (Wildman–Crippen MR) is 54.8 cm³/mol. The normalized spacial score (nSPS) is 12.5. The van der Waals surface area contributed by atoms with Crippen LogP contribution in [0.5, 0.6) is 0 Å². The zero-order valence-electron chi connectivity index (χ0n) is 7.33. The van der Waals surface area contributed by atoms with Crippen molar-refractivity contribution in [3.05, 3.63) is 35.4 Å². The zero-order valence-corrected chi connectivity index (χ0v) is 8.15. The highest BCUT2D eigenvalue weighted by atomic mass is 32.2. The van der Waals surface area contributed by atoms with E-state index in [2.05, 4.69) is 11.9 Å². The van der Waals surface area contributed by atoms with Gasteiger partial charge >= 0.3 is 0 Å². The fourth-order valence-corrected chi connectivity index (χ4v) is 1.35. The van der Waals surface area contributed by atoms with Crippen LogP contribution in [0.2, 0.25) is 0 Å². The molecule has 0 aliphatic rings. The highest BCUT2D eigenvalue weighted by Crippen LogP contribution is 2.18. The van der Waals surface area contributed by atoms with Crippen LogP contribution in [0.4, 0.5) is 0 Å². The Labute approximate surface area is 77.4 Å². The Bertz CT molecular complexity index is 219. The molecule has 0 aromatic rings. The quantitative estimate of drug-likeness (QED) is 0.522. The third-order valence-corrected chi connectivity index (χ3v) is 2.14. The SMILES string of the molecule is C=C/C=C(NC=O)\C(=C/C)SC. The second-order valence-electron chi connectivity index (χ2n) is 1.94. The molecule has 0 rings (SSSR count). The summed E-state index contributed by atoms with van der Waals surface area (Å²) < 4.78 is 0. The van der Waals surface area contributed by atoms with Crippen molar-refractivity contribution in [2.75, 3.05) is 6.26 Å². The molecule has 1 N–H and O–H groups in total. The predicted octanol–water partition coefficient (Wildman–Crippen LogP) is 2.07. The fraction of sp³-hybridized carbons (Fsp3) is 0.222. The van der Waals surface area contributed by atoms with Gasteiger partial charge < -0.3 is 5.32 Å². The summed E-state index contributed by atoms with van der Waals surface area (Å²) in [6, 6.07) is 0. The molecule has 0 atom stereocenters. The minimum absolute atomic E-state index is 0.662. The summed E-state index contributed by atoms with van der Waals surface area (Å²) in [7, 11) is 0. The minimum Gasteiger partial charge on any atom is -0.328 e. The van der Waals surface area contributed by atoms with E-state index in [9.17, 15) is 4.79 Å². The van der Waals surface area contributed by atoms with Crippen LogP contribution in [-0.2, 0) is 4.79 Å². The Kier molecular flexibility index (Phi) is 6.19. The number of carbonyl (C=O) groups is 1. The number of thioether (sulfide) groups is 1. The molecule has 0 bridgehead atoms. The molecule has 12 heavy (non-hydrogen) atoms. The average molecular weight is 183 g/mol. The van der Waals surface area contributed by atoms with Crippen molar-refractivity contribution in [3.8, 4) is 0 Å². The van der Waals surface area contributed by atoms with Crippen molar-refractivity contribution >= 4 is 18.2 Å². The first kappa shape index (κ1) is 11.0. The van der Waals surface area contributed by atoms with Gasteiger partial charge in [-0.2, -0.15) is 0 Å². The molecule has 3 heteroatoms. The molecule has 0 aromatic heterocycles. The fourth-order valence-electron chi connectivity index (χ4n) is 0.766. The molecular formula is C9H13NOS. The molecular weight excluding hydrogens is 170 g/mol. The third-order valence-electron chi connectivity index (χ3n) is 1.25. The van der Waals surface area contributed by atoms with Crippen LogP contribution >= 0.6 is 11.8 Å². The average Bonchev–Trinajstić information content (AvgIpc) is 2.07. The third kappa shape index (κ3) is 3.44. The van der Waals surface area contributed by atoms with Gasteiger partial charge in [0.15, 0.2) is 0 Å². The molecule has 0 aliphatic carbocycles. The Balaban J connectivity index is 4.59. The van der Waals surface area contributed by atoms with Gasteiger partial charge in [0, 0.05) is 4.91 Å². The smallest absolute Gasteiger partial charge is 0.211 e. The largest absolute Gasteiger partial charge is 0.328 e. The number of hydrogen-bond donors (Lipinski definition) is 1. The Morgan fingerprint density at radius 3 is 2.58 bits per heavy atom. The summed E-state index contributed by atoms with van der Waals surface area (Å²) in [6.45, 7) is 5.49. The van der Waals surface area contributed by atoms with E-state index in [1.807, 2.05) is 19.3 Å². The van der Waals surface area contributed by atoms with Gasteiger partial charge in [-0.3, -0.25) is 4.79 Å². The number of hydrogen-bond acceptors (Lipinski definition) is 2. The lowest BCUT2D eigenvalue weighted by Gasteiger charge is -2.06. The summed E-state index contributed by atoms with van der Waals surface area (Å²) >= 11 is 1.58. The van der Waals surface area contributed by atoms with Gasteiger partial charge in [0.25, 0.3) is 0 Å². The van der Waals surface area contributed by atoms with Crippen LogP contribution in [-0.4, -0.2) is 12.7 Å². The van der Waals surface area contributed by atoms with Crippen molar-refractivity contribution in [2.24, 2.45) is 0 Å². The first-order valence-corrected chi connectivity index (χ1v) is 4.76.